The number of hydrazine groups is 1. The molecule has 0 saturated carbocycles. The van der Waals surface area contributed by atoms with Gasteiger partial charge in [-0.05, 0) is 56.0 Å². The Balaban J connectivity index is 1.68. The van der Waals surface area contributed by atoms with Gasteiger partial charge in [-0.3, -0.25) is 20.4 Å². The number of benzene rings is 1. The minimum Gasteiger partial charge on any atom is -0.267 e. The molecule has 1 aromatic heterocycles. The highest BCUT2D eigenvalue weighted by Gasteiger charge is 2.26. The van der Waals surface area contributed by atoms with Crippen molar-refractivity contribution in [2.75, 3.05) is 13.1 Å². The van der Waals surface area contributed by atoms with Gasteiger partial charge in [0.15, 0.2) is 0 Å². The summed E-state index contributed by atoms with van der Waals surface area (Å²) >= 11 is 1.39. The molecule has 1 fully saturated rings. The molecule has 9 heteroatoms. The Morgan fingerprint density at radius 2 is 1.70 bits per heavy atom. The highest BCUT2D eigenvalue weighted by molar-refractivity contribution is 7.89. The van der Waals surface area contributed by atoms with Gasteiger partial charge in [0.05, 0.1) is 9.77 Å². The van der Waals surface area contributed by atoms with E-state index in [9.17, 15) is 18.0 Å². The molecule has 2 aromatic rings. The van der Waals surface area contributed by atoms with Crippen molar-refractivity contribution in [2.24, 2.45) is 0 Å². The average Bonchev–Trinajstić information content (AvgIpc) is 2.94. The Bertz CT molecular complexity index is 1020. The topological polar surface area (TPSA) is 95.6 Å². The summed E-state index contributed by atoms with van der Waals surface area (Å²) in [5.74, 6) is -0.968. The lowest BCUT2D eigenvalue weighted by Gasteiger charge is -2.20. The number of rotatable bonds is 5. The van der Waals surface area contributed by atoms with Crippen molar-refractivity contribution in [1.82, 2.24) is 15.2 Å². The lowest BCUT2D eigenvalue weighted by atomic mass is 10.2. The molecule has 2 heterocycles. The predicted molar refractivity (Wildman–Crippen MR) is 117 cm³/mol. The number of hydrogen-bond donors (Lipinski definition) is 2. The Morgan fingerprint density at radius 1 is 1.03 bits per heavy atom. The van der Waals surface area contributed by atoms with E-state index in [4.69, 9.17) is 0 Å². The molecule has 0 aliphatic carbocycles. The highest BCUT2D eigenvalue weighted by atomic mass is 32.2. The van der Waals surface area contributed by atoms with Gasteiger partial charge in [-0.1, -0.05) is 25.8 Å². The number of nitrogens with zero attached hydrogens (tertiary/aromatic N) is 1. The van der Waals surface area contributed by atoms with Crippen LogP contribution in [0.25, 0.3) is 0 Å². The third-order valence-electron chi connectivity index (χ3n) is 5.15. The van der Waals surface area contributed by atoms with Crippen LogP contribution in [0, 0.1) is 6.92 Å². The highest BCUT2D eigenvalue weighted by Crippen LogP contribution is 2.23. The lowest BCUT2D eigenvalue weighted by molar-refractivity contribution is 0.0848. The maximum Gasteiger partial charge on any atom is 0.279 e. The SMILES string of the molecule is CCc1sc(C(=O)NNC(=O)c2cccc(S(=O)(=O)N3CCCCCC3)c2)cc1C. The van der Waals surface area contributed by atoms with Gasteiger partial charge in [0.25, 0.3) is 11.8 Å². The second-order valence-corrected chi connectivity index (χ2v) is 10.4. The van der Waals surface area contributed by atoms with Crippen LogP contribution in [0.5, 0.6) is 0 Å². The first kappa shape index (κ1) is 22.5. The van der Waals surface area contributed by atoms with E-state index >= 15 is 0 Å². The number of nitrogens with one attached hydrogen (secondary N) is 2. The van der Waals surface area contributed by atoms with Crippen molar-refractivity contribution >= 4 is 33.2 Å². The summed E-state index contributed by atoms with van der Waals surface area (Å²) in [7, 11) is -3.65. The van der Waals surface area contributed by atoms with Crippen molar-refractivity contribution in [2.45, 2.75) is 50.8 Å². The molecule has 1 aromatic carbocycles. The maximum atomic E-state index is 13.0. The van der Waals surface area contributed by atoms with Gasteiger partial charge in [-0.25, -0.2) is 8.42 Å². The summed E-state index contributed by atoms with van der Waals surface area (Å²) < 4.78 is 27.4. The van der Waals surface area contributed by atoms with Crippen LogP contribution in [0.4, 0.5) is 0 Å². The Hall–Kier alpha value is -2.23. The molecule has 0 bridgehead atoms. The number of thiophene rings is 1. The smallest absolute Gasteiger partial charge is 0.267 e. The normalized spacial score (nSPS) is 15.4. The molecule has 162 valence electrons. The molecule has 2 N–H and O–H groups in total. The molecule has 1 aliphatic heterocycles. The Morgan fingerprint density at radius 3 is 2.33 bits per heavy atom. The van der Waals surface area contributed by atoms with Crippen LogP contribution in [-0.4, -0.2) is 37.6 Å². The van der Waals surface area contributed by atoms with Crippen molar-refractivity contribution in [3.05, 3.63) is 51.2 Å². The van der Waals surface area contributed by atoms with Crippen molar-refractivity contribution in [1.29, 1.82) is 0 Å². The van der Waals surface area contributed by atoms with Crippen molar-refractivity contribution in [3.8, 4) is 0 Å². The molecule has 7 nitrogen and oxygen atoms in total. The molecule has 0 unspecified atom stereocenters. The number of aryl methyl sites for hydroxylation is 2. The van der Waals surface area contributed by atoms with Crippen LogP contribution < -0.4 is 10.9 Å². The van der Waals surface area contributed by atoms with E-state index in [0.717, 1.165) is 42.5 Å². The number of sulfonamides is 1. The van der Waals surface area contributed by atoms with Gasteiger partial charge in [-0.2, -0.15) is 4.31 Å². The molecular formula is C21H27N3O4S2. The van der Waals surface area contributed by atoms with E-state index in [1.807, 2.05) is 13.8 Å². The van der Waals surface area contributed by atoms with Crippen LogP contribution in [0.1, 0.15) is 63.1 Å². The van der Waals surface area contributed by atoms with E-state index in [0.29, 0.717) is 18.0 Å². The largest absolute Gasteiger partial charge is 0.279 e. The quantitative estimate of drug-likeness (QED) is 0.685. The minimum absolute atomic E-state index is 0.0878. The zero-order valence-corrected chi connectivity index (χ0v) is 18.9. The molecule has 30 heavy (non-hydrogen) atoms. The fourth-order valence-electron chi connectivity index (χ4n) is 3.46. The zero-order chi connectivity index (χ0) is 21.7. The molecular weight excluding hydrogens is 422 g/mol. The third kappa shape index (κ3) is 5.08. The second kappa shape index (κ2) is 9.72. The third-order valence-corrected chi connectivity index (χ3v) is 8.43. The molecule has 0 atom stereocenters. The molecule has 1 aliphatic rings. The molecule has 1 saturated heterocycles. The first-order valence-electron chi connectivity index (χ1n) is 10.1. The molecule has 2 amide bonds. The number of carbonyl (C=O) groups is 2. The van der Waals surface area contributed by atoms with Gasteiger partial charge < -0.3 is 0 Å². The summed E-state index contributed by atoms with van der Waals surface area (Å²) in [5, 5.41) is 0. The van der Waals surface area contributed by atoms with E-state index in [1.165, 1.54) is 39.9 Å². The summed E-state index contributed by atoms with van der Waals surface area (Å²) in [6, 6.07) is 7.70. The van der Waals surface area contributed by atoms with Gasteiger partial charge in [-0.15, -0.1) is 11.3 Å². The molecule has 0 spiro atoms. The second-order valence-electron chi connectivity index (χ2n) is 7.32. The zero-order valence-electron chi connectivity index (χ0n) is 17.2. The summed E-state index contributed by atoms with van der Waals surface area (Å²) in [6.07, 6.45) is 4.57. The van der Waals surface area contributed by atoms with Crippen LogP contribution in [0.2, 0.25) is 0 Å². The van der Waals surface area contributed by atoms with Gasteiger partial charge in [0, 0.05) is 23.5 Å². The van der Waals surface area contributed by atoms with Gasteiger partial charge >= 0.3 is 0 Å². The first-order chi connectivity index (χ1) is 14.3. The van der Waals surface area contributed by atoms with E-state index in [1.54, 1.807) is 6.07 Å². The number of amides is 2. The number of hydrogen-bond acceptors (Lipinski definition) is 5. The van der Waals surface area contributed by atoms with E-state index < -0.39 is 21.8 Å². The maximum absolute atomic E-state index is 13.0. The standard InChI is InChI=1S/C21H27N3O4S2/c1-3-18-15(2)13-19(29-18)21(26)23-22-20(25)16-9-8-10-17(14-16)30(27,28)24-11-6-4-5-7-12-24/h8-10,13-14H,3-7,11-12H2,1-2H3,(H,22,25)(H,23,26). The summed E-state index contributed by atoms with van der Waals surface area (Å²) in [4.78, 5) is 26.5. The van der Waals surface area contributed by atoms with Crippen LogP contribution in [0.15, 0.2) is 35.2 Å². The summed E-state index contributed by atoms with van der Waals surface area (Å²) in [6.45, 7) is 4.96. The Labute approximate surface area is 181 Å². The fraction of sp³-hybridized carbons (Fsp3) is 0.429. The monoisotopic (exact) mass is 449 g/mol. The molecule has 3 rings (SSSR count). The van der Waals surface area contributed by atoms with E-state index in [-0.39, 0.29) is 10.5 Å². The van der Waals surface area contributed by atoms with Crippen molar-refractivity contribution in [3.63, 3.8) is 0 Å². The summed E-state index contributed by atoms with van der Waals surface area (Å²) in [5.41, 5.74) is 5.99. The molecule has 0 radical (unpaired) electrons. The van der Waals surface area contributed by atoms with Gasteiger partial charge in [0.2, 0.25) is 10.0 Å². The lowest BCUT2D eigenvalue weighted by Crippen LogP contribution is -2.41. The van der Waals surface area contributed by atoms with Crippen LogP contribution in [0.3, 0.4) is 0 Å². The minimum atomic E-state index is -3.65. The average molecular weight is 450 g/mol. The first-order valence-corrected chi connectivity index (χ1v) is 12.4. The number of carbonyl (C=O) groups excluding carboxylic acids is 2. The van der Waals surface area contributed by atoms with E-state index in [2.05, 4.69) is 10.9 Å². The van der Waals surface area contributed by atoms with Crippen LogP contribution >= 0.6 is 11.3 Å². The van der Waals surface area contributed by atoms with Gasteiger partial charge in [0.1, 0.15) is 0 Å². The van der Waals surface area contributed by atoms with Crippen molar-refractivity contribution < 1.29 is 18.0 Å². The predicted octanol–water partition coefficient (Wildman–Crippen LogP) is 3.26. The Kier molecular flexibility index (Phi) is 7.27. The van der Waals surface area contributed by atoms with Crippen LogP contribution in [-0.2, 0) is 16.4 Å². The fourth-order valence-corrected chi connectivity index (χ4v) is 6.03.